The minimum absolute atomic E-state index is 0.138. The van der Waals surface area contributed by atoms with Crippen LogP contribution in [0.1, 0.15) is 19.8 Å². The molecule has 4 heteroatoms. The van der Waals surface area contributed by atoms with Gasteiger partial charge in [-0.2, -0.15) is 13.2 Å². The van der Waals surface area contributed by atoms with Gasteiger partial charge in [0.25, 0.3) is 0 Å². The first-order valence-corrected chi connectivity index (χ1v) is 2.92. The van der Waals surface area contributed by atoms with Gasteiger partial charge in [0.05, 0.1) is 0 Å². The molecule has 0 aromatic rings. The van der Waals surface area contributed by atoms with Crippen LogP contribution in [0.3, 0.4) is 0 Å². The molecule has 0 spiro atoms. The summed E-state index contributed by atoms with van der Waals surface area (Å²) >= 11 is 0. The van der Waals surface area contributed by atoms with Gasteiger partial charge in [-0.3, -0.25) is 0 Å². The summed E-state index contributed by atoms with van der Waals surface area (Å²) in [5.41, 5.74) is -3.26. The molecule has 0 heterocycles. The average molecular weight is 157 g/mol. The van der Waals surface area contributed by atoms with Gasteiger partial charge in [0.15, 0.2) is 0 Å². The number of rotatable bonds is 2. The molecule has 0 aliphatic rings. The van der Waals surface area contributed by atoms with Gasteiger partial charge >= 0.3 is 6.18 Å². The van der Waals surface area contributed by atoms with Crippen molar-refractivity contribution in [1.82, 2.24) is 0 Å². The van der Waals surface area contributed by atoms with E-state index < -0.39 is 18.3 Å². The summed E-state index contributed by atoms with van der Waals surface area (Å²) in [5, 5.41) is 0. The topological polar surface area (TPSA) is 0 Å². The number of alkyl halides is 4. The molecule has 1 atom stereocenters. The van der Waals surface area contributed by atoms with Crippen LogP contribution < -0.4 is 0 Å². The second-order valence-corrected chi connectivity index (χ2v) is 2.21. The zero-order valence-corrected chi connectivity index (χ0v) is 5.63. The van der Waals surface area contributed by atoms with E-state index in [-0.39, 0.29) is 6.42 Å². The molecule has 0 saturated heterocycles. The quantitative estimate of drug-likeness (QED) is 0.540. The van der Waals surface area contributed by atoms with E-state index >= 15 is 0 Å². The number of halogens is 4. The van der Waals surface area contributed by atoms with E-state index in [1.807, 2.05) is 0 Å². The molecule has 10 heavy (non-hydrogen) atoms. The van der Waals surface area contributed by atoms with Crippen molar-refractivity contribution in [2.45, 2.75) is 31.6 Å². The van der Waals surface area contributed by atoms with Crippen LogP contribution in [0.4, 0.5) is 17.6 Å². The van der Waals surface area contributed by atoms with Crippen LogP contribution in [0.25, 0.3) is 0 Å². The Labute approximate surface area is 57.2 Å². The maximum absolute atomic E-state index is 12.4. The molecule has 0 amide bonds. The molecule has 0 aromatic carbocycles. The fourth-order valence-electron chi connectivity index (χ4n) is 0.538. The van der Waals surface area contributed by atoms with E-state index in [9.17, 15) is 17.6 Å². The predicted molar refractivity (Wildman–Crippen MR) is 30.2 cm³/mol. The lowest BCUT2D eigenvalue weighted by molar-refractivity contribution is -0.215. The number of hydrogen-bond acceptors (Lipinski definition) is 0. The molecule has 0 aliphatic heterocycles. The third-order valence-electron chi connectivity index (χ3n) is 1.15. The molecule has 0 fully saturated rings. The Balaban J connectivity index is 4.10. The molecule has 0 N–H and O–H groups in total. The summed E-state index contributed by atoms with van der Waals surface area (Å²) in [7, 11) is 0. The molecule has 0 aliphatic carbocycles. The van der Waals surface area contributed by atoms with E-state index in [0.29, 0.717) is 0 Å². The molecule has 0 nitrogen and oxygen atoms in total. The van der Waals surface area contributed by atoms with Crippen molar-refractivity contribution in [3.8, 4) is 0 Å². The van der Waals surface area contributed by atoms with Crippen LogP contribution in [0.5, 0.6) is 0 Å². The van der Waals surface area contributed by atoms with Crippen molar-refractivity contribution in [1.29, 1.82) is 0 Å². The summed E-state index contributed by atoms with van der Waals surface area (Å²) in [6, 6.07) is 0. The third kappa shape index (κ3) is 2.15. The minimum atomic E-state index is -4.83. The lowest BCUT2D eigenvalue weighted by Crippen LogP contribution is -2.37. The molecule has 0 aromatic heterocycles. The van der Waals surface area contributed by atoms with Gasteiger partial charge in [-0.15, -0.1) is 0 Å². The SMILES string of the molecule is [CH2]C(F)(CCC)C(F)(F)F. The monoisotopic (exact) mass is 157 g/mol. The predicted octanol–water partition coefficient (Wildman–Crippen LogP) is 2.89. The van der Waals surface area contributed by atoms with Crippen molar-refractivity contribution in [3.63, 3.8) is 0 Å². The largest absolute Gasteiger partial charge is 0.422 e. The molecule has 0 rings (SSSR count). The van der Waals surface area contributed by atoms with E-state index in [2.05, 4.69) is 6.92 Å². The van der Waals surface area contributed by atoms with Gasteiger partial charge in [0.2, 0.25) is 5.67 Å². The van der Waals surface area contributed by atoms with Crippen molar-refractivity contribution in [2.75, 3.05) is 0 Å². The van der Waals surface area contributed by atoms with Gasteiger partial charge in [-0.05, 0) is 13.3 Å². The Morgan fingerprint density at radius 2 is 1.60 bits per heavy atom. The Morgan fingerprint density at radius 3 is 1.70 bits per heavy atom. The fourth-order valence-corrected chi connectivity index (χ4v) is 0.538. The molecule has 61 valence electrons. The van der Waals surface area contributed by atoms with Gasteiger partial charge < -0.3 is 0 Å². The molecule has 1 unspecified atom stereocenters. The van der Waals surface area contributed by atoms with Gasteiger partial charge in [0.1, 0.15) is 0 Å². The standard InChI is InChI=1S/C6H9F4/c1-3-4-5(2,7)6(8,9)10/h2-4H2,1H3. The van der Waals surface area contributed by atoms with Crippen LogP contribution in [-0.4, -0.2) is 11.8 Å². The lowest BCUT2D eigenvalue weighted by Gasteiger charge is -2.22. The van der Waals surface area contributed by atoms with Crippen molar-refractivity contribution < 1.29 is 17.6 Å². The number of hydrogen-bond donors (Lipinski definition) is 0. The van der Waals surface area contributed by atoms with Crippen LogP contribution in [0.15, 0.2) is 0 Å². The van der Waals surface area contributed by atoms with E-state index in [1.165, 1.54) is 6.92 Å². The summed E-state index contributed by atoms with van der Waals surface area (Å²) in [5.74, 6) is 0. The Bertz CT molecular complexity index is 103. The molecular weight excluding hydrogens is 148 g/mol. The van der Waals surface area contributed by atoms with Crippen molar-refractivity contribution in [3.05, 3.63) is 6.92 Å². The van der Waals surface area contributed by atoms with Crippen LogP contribution in [0, 0.1) is 6.92 Å². The summed E-state index contributed by atoms with van der Waals surface area (Å²) in [6.07, 6.45) is -5.26. The highest BCUT2D eigenvalue weighted by molar-refractivity contribution is 4.88. The summed E-state index contributed by atoms with van der Waals surface area (Å²) in [6.45, 7) is 3.92. The normalized spacial score (nSPS) is 18.6. The Morgan fingerprint density at radius 1 is 1.20 bits per heavy atom. The Hall–Kier alpha value is -0.280. The maximum atomic E-state index is 12.4. The van der Waals surface area contributed by atoms with E-state index in [0.717, 1.165) is 0 Å². The van der Waals surface area contributed by atoms with Crippen LogP contribution in [-0.2, 0) is 0 Å². The van der Waals surface area contributed by atoms with Crippen LogP contribution >= 0.6 is 0 Å². The highest BCUT2D eigenvalue weighted by Crippen LogP contribution is 2.36. The average Bonchev–Trinajstić information content (AvgIpc) is 1.61. The van der Waals surface area contributed by atoms with Gasteiger partial charge in [-0.25, -0.2) is 4.39 Å². The maximum Gasteiger partial charge on any atom is 0.422 e. The first kappa shape index (κ1) is 9.72. The molecule has 0 bridgehead atoms. The molecular formula is C6H9F4. The highest BCUT2D eigenvalue weighted by Gasteiger charge is 2.51. The van der Waals surface area contributed by atoms with E-state index in [1.54, 1.807) is 0 Å². The first-order valence-electron chi connectivity index (χ1n) is 2.92. The van der Waals surface area contributed by atoms with Crippen molar-refractivity contribution >= 4 is 0 Å². The molecule has 1 radical (unpaired) electrons. The lowest BCUT2D eigenvalue weighted by atomic mass is 10.0. The smallest absolute Gasteiger partial charge is 0.234 e. The van der Waals surface area contributed by atoms with Gasteiger partial charge in [0, 0.05) is 0 Å². The second-order valence-electron chi connectivity index (χ2n) is 2.21. The van der Waals surface area contributed by atoms with Crippen molar-refractivity contribution in [2.24, 2.45) is 0 Å². The third-order valence-corrected chi connectivity index (χ3v) is 1.15. The fraction of sp³-hybridized carbons (Fsp3) is 0.833. The van der Waals surface area contributed by atoms with Gasteiger partial charge in [-0.1, -0.05) is 13.3 Å². The first-order chi connectivity index (χ1) is 4.31. The van der Waals surface area contributed by atoms with E-state index in [4.69, 9.17) is 0 Å². The summed E-state index contributed by atoms with van der Waals surface area (Å²) in [4.78, 5) is 0. The highest BCUT2D eigenvalue weighted by atomic mass is 19.4. The zero-order chi connectivity index (χ0) is 8.41. The summed E-state index contributed by atoms with van der Waals surface area (Å²) < 4.78 is 47.1. The Kier molecular flexibility index (Phi) is 2.68. The zero-order valence-electron chi connectivity index (χ0n) is 5.63. The van der Waals surface area contributed by atoms with Crippen LogP contribution in [0.2, 0.25) is 0 Å². The molecule has 0 saturated carbocycles. The minimum Gasteiger partial charge on any atom is -0.234 e. The second kappa shape index (κ2) is 2.76.